The number of carbonyl (C=O) groups excluding carboxylic acids is 2. The number of hydrogen-bond donors (Lipinski definition) is 1. The number of carbonyl (C=O) groups is 2. The van der Waals surface area contributed by atoms with Crippen LogP contribution < -0.4 is 5.32 Å². The van der Waals surface area contributed by atoms with Crippen molar-refractivity contribution < 1.29 is 18.0 Å². The van der Waals surface area contributed by atoms with Gasteiger partial charge in [0.25, 0.3) is 15.9 Å². The molecule has 0 spiro atoms. The number of aryl methyl sites for hydroxylation is 1. The van der Waals surface area contributed by atoms with Gasteiger partial charge in [0, 0.05) is 44.2 Å². The van der Waals surface area contributed by atoms with Gasteiger partial charge in [0.05, 0.1) is 5.92 Å². The second kappa shape index (κ2) is 9.28. The summed E-state index contributed by atoms with van der Waals surface area (Å²) in [6.07, 6.45) is 1.32. The first kappa shape index (κ1) is 22.5. The molecule has 1 aliphatic rings. The summed E-state index contributed by atoms with van der Waals surface area (Å²) in [6.45, 7) is 2.84. The van der Waals surface area contributed by atoms with Crippen LogP contribution in [-0.4, -0.2) is 56.6 Å². The Morgan fingerprint density at radius 2 is 1.87 bits per heavy atom. The predicted molar refractivity (Wildman–Crippen MR) is 117 cm³/mol. The molecule has 1 saturated heterocycles. The van der Waals surface area contributed by atoms with Crippen molar-refractivity contribution in [2.45, 2.75) is 30.5 Å². The zero-order valence-corrected chi connectivity index (χ0v) is 19.1. The molecule has 1 fully saturated rings. The SMILES string of the molecule is Cc1ccc(S(=O)(=O)N2CCCC(C(=O)NCc3ccc(C(=O)N(C)C)cc3)C2)s1. The van der Waals surface area contributed by atoms with Crippen LogP contribution in [0.5, 0.6) is 0 Å². The van der Waals surface area contributed by atoms with E-state index in [0.29, 0.717) is 35.7 Å². The molecule has 2 heterocycles. The maximum Gasteiger partial charge on any atom is 0.253 e. The van der Waals surface area contributed by atoms with E-state index in [2.05, 4.69) is 5.32 Å². The number of hydrogen-bond acceptors (Lipinski definition) is 5. The van der Waals surface area contributed by atoms with Crippen molar-refractivity contribution in [3.8, 4) is 0 Å². The van der Waals surface area contributed by atoms with Crippen molar-refractivity contribution in [2.24, 2.45) is 5.92 Å². The first-order valence-electron chi connectivity index (χ1n) is 9.83. The fraction of sp³-hybridized carbons (Fsp3) is 0.429. The second-order valence-corrected chi connectivity index (χ2v) is 11.1. The van der Waals surface area contributed by atoms with Gasteiger partial charge in [0.1, 0.15) is 4.21 Å². The molecule has 0 saturated carbocycles. The summed E-state index contributed by atoms with van der Waals surface area (Å²) >= 11 is 1.25. The van der Waals surface area contributed by atoms with E-state index >= 15 is 0 Å². The van der Waals surface area contributed by atoms with Gasteiger partial charge in [-0.25, -0.2) is 8.42 Å². The number of nitrogens with zero attached hydrogens (tertiary/aromatic N) is 2. The van der Waals surface area contributed by atoms with Crippen molar-refractivity contribution in [3.05, 3.63) is 52.4 Å². The summed E-state index contributed by atoms with van der Waals surface area (Å²) in [5.74, 6) is -0.593. The van der Waals surface area contributed by atoms with E-state index in [4.69, 9.17) is 0 Å². The average molecular weight is 450 g/mol. The molecule has 30 heavy (non-hydrogen) atoms. The number of rotatable bonds is 6. The fourth-order valence-electron chi connectivity index (χ4n) is 3.41. The number of piperidine rings is 1. The van der Waals surface area contributed by atoms with Crippen LogP contribution >= 0.6 is 11.3 Å². The molecule has 1 aliphatic heterocycles. The molecule has 3 rings (SSSR count). The summed E-state index contributed by atoms with van der Waals surface area (Å²) < 4.78 is 27.5. The van der Waals surface area contributed by atoms with Crippen molar-refractivity contribution in [3.63, 3.8) is 0 Å². The molecule has 0 aliphatic carbocycles. The third-order valence-corrected chi connectivity index (χ3v) is 8.47. The van der Waals surface area contributed by atoms with Gasteiger partial charge >= 0.3 is 0 Å². The number of sulfonamides is 1. The van der Waals surface area contributed by atoms with E-state index in [1.54, 1.807) is 38.4 Å². The fourth-order valence-corrected chi connectivity index (χ4v) is 6.37. The monoisotopic (exact) mass is 449 g/mol. The van der Waals surface area contributed by atoms with E-state index in [0.717, 1.165) is 10.4 Å². The van der Waals surface area contributed by atoms with Crippen molar-refractivity contribution in [1.29, 1.82) is 0 Å². The molecule has 1 aromatic carbocycles. The van der Waals surface area contributed by atoms with Crippen LogP contribution in [0.2, 0.25) is 0 Å². The Morgan fingerprint density at radius 3 is 2.47 bits per heavy atom. The van der Waals surface area contributed by atoms with Crippen molar-refractivity contribution >= 4 is 33.2 Å². The highest BCUT2D eigenvalue weighted by atomic mass is 32.2. The van der Waals surface area contributed by atoms with E-state index in [9.17, 15) is 18.0 Å². The van der Waals surface area contributed by atoms with Gasteiger partial charge in [-0.05, 0) is 49.6 Å². The lowest BCUT2D eigenvalue weighted by atomic mass is 9.98. The molecule has 2 aromatic rings. The molecule has 1 N–H and O–H groups in total. The van der Waals surface area contributed by atoms with Crippen LogP contribution in [0, 0.1) is 12.8 Å². The van der Waals surface area contributed by atoms with E-state index in [1.165, 1.54) is 20.5 Å². The highest BCUT2D eigenvalue weighted by Crippen LogP contribution is 2.28. The Kier molecular flexibility index (Phi) is 6.95. The summed E-state index contributed by atoms with van der Waals surface area (Å²) in [6, 6.07) is 10.5. The minimum atomic E-state index is -3.56. The molecule has 1 unspecified atom stereocenters. The molecule has 0 bridgehead atoms. The standard InChI is InChI=1S/C21H27N3O4S2/c1-15-6-11-19(29-15)30(27,28)24-12-4-5-18(14-24)20(25)22-13-16-7-9-17(10-8-16)21(26)23(2)3/h6-11,18H,4-5,12-14H2,1-3H3,(H,22,25). The van der Waals surface area contributed by atoms with Gasteiger partial charge in [0.15, 0.2) is 0 Å². The lowest BCUT2D eigenvalue weighted by molar-refractivity contribution is -0.126. The molecule has 9 heteroatoms. The molecular formula is C21H27N3O4S2. The van der Waals surface area contributed by atoms with Crippen molar-refractivity contribution in [1.82, 2.24) is 14.5 Å². The predicted octanol–water partition coefficient (Wildman–Crippen LogP) is 2.48. The van der Waals surface area contributed by atoms with Crippen LogP contribution in [-0.2, 0) is 21.4 Å². The number of benzene rings is 1. The highest BCUT2D eigenvalue weighted by molar-refractivity contribution is 7.91. The maximum atomic E-state index is 12.9. The molecular weight excluding hydrogens is 422 g/mol. The lowest BCUT2D eigenvalue weighted by Gasteiger charge is -2.30. The van der Waals surface area contributed by atoms with Gasteiger partial charge in [-0.2, -0.15) is 4.31 Å². The zero-order valence-electron chi connectivity index (χ0n) is 17.4. The Balaban J connectivity index is 1.58. The molecule has 0 radical (unpaired) electrons. The average Bonchev–Trinajstić information content (AvgIpc) is 3.19. The van der Waals surface area contributed by atoms with Gasteiger partial charge in [-0.3, -0.25) is 9.59 Å². The topological polar surface area (TPSA) is 86.8 Å². The minimum absolute atomic E-state index is 0.0740. The summed E-state index contributed by atoms with van der Waals surface area (Å²) in [7, 11) is -0.162. The van der Waals surface area contributed by atoms with Crippen LogP contribution in [0.15, 0.2) is 40.6 Å². The van der Waals surface area contributed by atoms with Gasteiger partial charge < -0.3 is 10.2 Å². The first-order chi connectivity index (χ1) is 14.2. The molecule has 1 atom stereocenters. The van der Waals surface area contributed by atoms with E-state index in [-0.39, 0.29) is 24.3 Å². The molecule has 162 valence electrons. The van der Waals surface area contributed by atoms with Gasteiger partial charge in [-0.15, -0.1) is 11.3 Å². The summed E-state index contributed by atoms with van der Waals surface area (Å²) in [5.41, 5.74) is 1.47. The van der Waals surface area contributed by atoms with Crippen molar-refractivity contribution in [2.75, 3.05) is 27.2 Å². The third kappa shape index (κ3) is 5.08. The van der Waals surface area contributed by atoms with Crippen LogP contribution in [0.25, 0.3) is 0 Å². The second-order valence-electron chi connectivity index (χ2n) is 7.68. The first-order valence-corrected chi connectivity index (χ1v) is 12.1. The quantitative estimate of drug-likeness (QED) is 0.734. The van der Waals surface area contributed by atoms with Crippen LogP contribution in [0.4, 0.5) is 0 Å². The van der Waals surface area contributed by atoms with Crippen LogP contribution in [0.3, 0.4) is 0 Å². The normalized spacial score (nSPS) is 17.5. The Hall–Kier alpha value is -2.23. The molecule has 7 nitrogen and oxygen atoms in total. The number of nitrogens with one attached hydrogen (secondary N) is 1. The molecule has 2 amide bonds. The Bertz CT molecular complexity index is 1010. The van der Waals surface area contributed by atoms with Gasteiger partial charge in [0.2, 0.25) is 5.91 Å². The third-order valence-electron chi connectivity index (χ3n) is 5.14. The molecule has 1 aromatic heterocycles. The Morgan fingerprint density at radius 1 is 1.17 bits per heavy atom. The summed E-state index contributed by atoms with van der Waals surface area (Å²) in [5, 5.41) is 2.90. The highest BCUT2D eigenvalue weighted by Gasteiger charge is 2.33. The number of amides is 2. The summed E-state index contributed by atoms with van der Waals surface area (Å²) in [4.78, 5) is 27.1. The largest absolute Gasteiger partial charge is 0.352 e. The smallest absolute Gasteiger partial charge is 0.253 e. The van der Waals surface area contributed by atoms with Crippen LogP contribution in [0.1, 0.15) is 33.6 Å². The zero-order chi connectivity index (χ0) is 21.9. The Labute approximate surface area is 181 Å². The van der Waals surface area contributed by atoms with Gasteiger partial charge in [-0.1, -0.05) is 12.1 Å². The number of thiophene rings is 1. The minimum Gasteiger partial charge on any atom is -0.352 e. The van der Waals surface area contributed by atoms with E-state index < -0.39 is 10.0 Å². The lowest BCUT2D eigenvalue weighted by Crippen LogP contribution is -2.45. The van der Waals surface area contributed by atoms with E-state index in [1.807, 2.05) is 19.1 Å². The maximum absolute atomic E-state index is 12.9.